The molecule has 2 aliphatic rings. The van der Waals surface area contributed by atoms with Gasteiger partial charge in [-0.25, -0.2) is 0 Å². The summed E-state index contributed by atoms with van der Waals surface area (Å²) < 4.78 is 8.20. The number of nitrogens with two attached hydrogens (primary N) is 1. The Morgan fingerprint density at radius 2 is 2.00 bits per heavy atom. The van der Waals surface area contributed by atoms with E-state index in [-0.39, 0.29) is 0 Å². The molecule has 0 aromatic carbocycles. The van der Waals surface area contributed by atoms with E-state index >= 15 is 0 Å². The molecule has 0 atom stereocenters. The molecule has 1 aliphatic heterocycles. The molecule has 2 N–H and O–H groups in total. The van der Waals surface area contributed by atoms with Crippen LogP contribution in [0.1, 0.15) is 50.2 Å². The first-order chi connectivity index (χ1) is 8.83. The Labute approximate surface area is 108 Å². The van der Waals surface area contributed by atoms with Crippen molar-refractivity contribution in [1.82, 2.24) is 14.8 Å². The molecule has 1 fully saturated rings. The summed E-state index contributed by atoms with van der Waals surface area (Å²) in [5.74, 6) is 2.13. The normalized spacial score (nSPS) is 28.1. The molecule has 18 heavy (non-hydrogen) atoms. The fourth-order valence-electron chi connectivity index (χ4n) is 2.92. The second-order valence-corrected chi connectivity index (χ2v) is 5.49. The molecular formula is C13H22N4O. The zero-order chi connectivity index (χ0) is 12.4. The van der Waals surface area contributed by atoms with E-state index in [4.69, 9.17) is 10.5 Å². The van der Waals surface area contributed by atoms with Gasteiger partial charge in [0.2, 0.25) is 0 Å². The Bertz CT molecular complexity index is 396. The number of hydrogen-bond acceptors (Lipinski definition) is 4. The van der Waals surface area contributed by atoms with Gasteiger partial charge >= 0.3 is 0 Å². The van der Waals surface area contributed by atoms with Gasteiger partial charge in [-0.1, -0.05) is 0 Å². The molecule has 0 amide bonds. The van der Waals surface area contributed by atoms with Crippen LogP contribution < -0.4 is 5.73 Å². The molecule has 0 unspecified atom stereocenters. The summed E-state index contributed by atoms with van der Waals surface area (Å²) in [7, 11) is 0. The van der Waals surface area contributed by atoms with Gasteiger partial charge in [-0.15, -0.1) is 10.2 Å². The molecule has 100 valence electrons. The van der Waals surface area contributed by atoms with Crippen LogP contribution in [0.15, 0.2) is 0 Å². The number of fused-ring (bicyclic) bond motifs is 1. The first-order valence-corrected chi connectivity index (χ1v) is 7.11. The summed E-state index contributed by atoms with van der Waals surface area (Å²) in [6, 6.07) is 0.380. The fraction of sp³-hybridized carbons (Fsp3) is 0.846. The smallest absolute Gasteiger partial charge is 0.159 e. The van der Waals surface area contributed by atoms with Gasteiger partial charge in [-0.3, -0.25) is 0 Å². The molecular weight excluding hydrogens is 228 g/mol. The predicted molar refractivity (Wildman–Crippen MR) is 68.0 cm³/mol. The standard InChI is InChI=1S/C13H22N4O/c14-10-4-6-11(7-5-10)18-9-13-16-15-12-3-1-2-8-17(12)13/h10-11H,1-9,14H2. The molecule has 0 spiro atoms. The molecule has 3 rings (SSSR count). The largest absolute Gasteiger partial charge is 0.370 e. The number of nitrogens with zero attached hydrogens (tertiary/aromatic N) is 3. The Hall–Kier alpha value is -0.940. The monoisotopic (exact) mass is 250 g/mol. The zero-order valence-corrected chi connectivity index (χ0v) is 10.8. The van der Waals surface area contributed by atoms with Gasteiger partial charge in [0.25, 0.3) is 0 Å². The molecule has 5 nitrogen and oxygen atoms in total. The van der Waals surface area contributed by atoms with Gasteiger partial charge in [0.15, 0.2) is 5.82 Å². The Morgan fingerprint density at radius 1 is 1.17 bits per heavy atom. The summed E-state index contributed by atoms with van der Waals surface area (Å²) in [6.07, 6.45) is 8.23. The van der Waals surface area contributed by atoms with Crippen molar-refractivity contribution in [3.8, 4) is 0 Å². The third-order valence-electron chi connectivity index (χ3n) is 4.10. The zero-order valence-electron chi connectivity index (χ0n) is 10.8. The summed E-state index contributed by atoms with van der Waals surface area (Å²) >= 11 is 0. The second-order valence-electron chi connectivity index (χ2n) is 5.49. The van der Waals surface area contributed by atoms with Gasteiger partial charge < -0.3 is 15.0 Å². The molecule has 0 saturated heterocycles. The first-order valence-electron chi connectivity index (χ1n) is 7.11. The minimum absolute atomic E-state index is 0.362. The number of aromatic nitrogens is 3. The Balaban J connectivity index is 1.55. The van der Waals surface area contributed by atoms with Gasteiger partial charge in [0, 0.05) is 19.0 Å². The SMILES string of the molecule is NC1CCC(OCc2nnc3n2CCCC3)CC1. The van der Waals surface area contributed by atoms with Crippen molar-refractivity contribution >= 4 is 0 Å². The summed E-state index contributed by atoms with van der Waals surface area (Å²) in [4.78, 5) is 0. The van der Waals surface area contributed by atoms with Crippen molar-refractivity contribution in [2.75, 3.05) is 0 Å². The lowest BCUT2D eigenvalue weighted by molar-refractivity contribution is 0.00895. The van der Waals surface area contributed by atoms with E-state index in [0.717, 1.165) is 50.3 Å². The highest BCUT2D eigenvalue weighted by Gasteiger charge is 2.21. The minimum atomic E-state index is 0.362. The van der Waals surface area contributed by atoms with Gasteiger partial charge in [-0.2, -0.15) is 0 Å². The quantitative estimate of drug-likeness (QED) is 0.880. The highest BCUT2D eigenvalue weighted by molar-refractivity contribution is 4.97. The molecule has 1 aliphatic carbocycles. The first kappa shape index (κ1) is 12.1. The van der Waals surface area contributed by atoms with E-state index in [1.807, 2.05) is 0 Å². The van der Waals surface area contributed by atoms with Crippen LogP contribution in [0.25, 0.3) is 0 Å². The lowest BCUT2D eigenvalue weighted by Gasteiger charge is -2.26. The van der Waals surface area contributed by atoms with Crippen molar-refractivity contribution in [2.24, 2.45) is 5.73 Å². The molecule has 0 bridgehead atoms. The molecule has 0 radical (unpaired) electrons. The lowest BCUT2D eigenvalue weighted by atomic mass is 9.94. The van der Waals surface area contributed by atoms with Crippen LogP contribution in [0.4, 0.5) is 0 Å². The minimum Gasteiger partial charge on any atom is -0.370 e. The maximum atomic E-state index is 5.96. The van der Waals surface area contributed by atoms with E-state index < -0.39 is 0 Å². The molecule has 2 heterocycles. The summed E-state index contributed by atoms with van der Waals surface area (Å²) in [6.45, 7) is 1.66. The number of hydrogen-bond donors (Lipinski definition) is 1. The average Bonchev–Trinajstić information content (AvgIpc) is 2.82. The van der Waals surface area contributed by atoms with E-state index in [1.165, 1.54) is 12.8 Å². The molecule has 1 aromatic rings. The van der Waals surface area contributed by atoms with Crippen molar-refractivity contribution in [1.29, 1.82) is 0 Å². The van der Waals surface area contributed by atoms with E-state index in [9.17, 15) is 0 Å². The maximum Gasteiger partial charge on any atom is 0.159 e. The van der Waals surface area contributed by atoms with Crippen LogP contribution >= 0.6 is 0 Å². The van der Waals surface area contributed by atoms with Gasteiger partial charge in [0.1, 0.15) is 12.4 Å². The number of ether oxygens (including phenoxy) is 1. The fourth-order valence-corrected chi connectivity index (χ4v) is 2.92. The molecule has 5 heteroatoms. The predicted octanol–water partition coefficient (Wildman–Crippen LogP) is 1.40. The third-order valence-corrected chi connectivity index (χ3v) is 4.10. The molecule has 1 aromatic heterocycles. The van der Waals surface area contributed by atoms with Gasteiger partial charge in [-0.05, 0) is 38.5 Å². The highest BCUT2D eigenvalue weighted by atomic mass is 16.5. The van der Waals surface area contributed by atoms with Gasteiger partial charge in [0.05, 0.1) is 6.10 Å². The van der Waals surface area contributed by atoms with E-state index in [1.54, 1.807) is 0 Å². The number of aryl methyl sites for hydroxylation is 1. The Morgan fingerprint density at radius 3 is 2.83 bits per heavy atom. The van der Waals surface area contributed by atoms with Crippen LogP contribution in [0.2, 0.25) is 0 Å². The summed E-state index contributed by atoms with van der Waals surface area (Å²) in [5.41, 5.74) is 5.90. The van der Waals surface area contributed by atoms with E-state index in [2.05, 4.69) is 14.8 Å². The second kappa shape index (κ2) is 5.36. The van der Waals surface area contributed by atoms with Crippen LogP contribution in [0, 0.1) is 0 Å². The third kappa shape index (κ3) is 2.57. The number of rotatable bonds is 3. The van der Waals surface area contributed by atoms with Crippen molar-refractivity contribution in [3.05, 3.63) is 11.6 Å². The van der Waals surface area contributed by atoms with Crippen LogP contribution in [-0.4, -0.2) is 26.9 Å². The van der Waals surface area contributed by atoms with Crippen LogP contribution in [0.5, 0.6) is 0 Å². The maximum absolute atomic E-state index is 5.96. The summed E-state index contributed by atoms with van der Waals surface area (Å²) in [5, 5.41) is 8.51. The average molecular weight is 250 g/mol. The molecule has 1 saturated carbocycles. The highest BCUT2D eigenvalue weighted by Crippen LogP contribution is 2.21. The lowest BCUT2D eigenvalue weighted by Crippen LogP contribution is -2.30. The topological polar surface area (TPSA) is 66.0 Å². The van der Waals surface area contributed by atoms with Crippen LogP contribution in [0.3, 0.4) is 0 Å². The van der Waals surface area contributed by atoms with Crippen LogP contribution in [-0.2, 0) is 24.3 Å². The van der Waals surface area contributed by atoms with Crippen molar-refractivity contribution < 1.29 is 4.74 Å². The van der Waals surface area contributed by atoms with E-state index in [0.29, 0.717) is 18.8 Å². The van der Waals surface area contributed by atoms with Crippen molar-refractivity contribution in [3.63, 3.8) is 0 Å². The Kier molecular flexibility index (Phi) is 3.61. The van der Waals surface area contributed by atoms with Crippen molar-refractivity contribution in [2.45, 2.75) is 70.2 Å².